The van der Waals surface area contributed by atoms with E-state index >= 15 is 0 Å². The summed E-state index contributed by atoms with van der Waals surface area (Å²) >= 11 is 0. The van der Waals surface area contributed by atoms with E-state index in [1.807, 2.05) is 0 Å². The van der Waals surface area contributed by atoms with Crippen LogP contribution in [0.5, 0.6) is 0 Å². The van der Waals surface area contributed by atoms with Gasteiger partial charge in [-0.25, -0.2) is 8.42 Å². The van der Waals surface area contributed by atoms with E-state index in [1.54, 1.807) is 11.4 Å². The van der Waals surface area contributed by atoms with Crippen LogP contribution in [0, 0.1) is 0 Å². The SMILES string of the molecule is CCCCCCCCCCCCCCCCS(=O)(=O)N(C)CC[N+](C)(C)CC.[I-]. The van der Waals surface area contributed by atoms with E-state index in [1.165, 1.54) is 77.0 Å². The van der Waals surface area contributed by atoms with Crippen molar-refractivity contribution in [3.8, 4) is 0 Å². The van der Waals surface area contributed by atoms with Crippen LogP contribution in [-0.2, 0) is 10.0 Å². The van der Waals surface area contributed by atoms with E-state index in [0.717, 1.165) is 30.4 Å². The average molecular weight is 547 g/mol. The molecule has 0 aliphatic carbocycles. The quantitative estimate of drug-likeness (QED) is 0.134. The summed E-state index contributed by atoms with van der Waals surface area (Å²) in [5.74, 6) is 0.307. The molecule has 0 aliphatic rings. The first-order chi connectivity index (χ1) is 13.2. The molecule has 0 rings (SSSR count). The van der Waals surface area contributed by atoms with Crippen molar-refractivity contribution in [2.24, 2.45) is 0 Å². The summed E-state index contributed by atoms with van der Waals surface area (Å²) in [6, 6.07) is 0. The third kappa shape index (κ3) is 19.0. The minimum atomic E-state index is -3.08. The van der Waals surface area contributed by atoms with Crippen LogP contribution in [0.15, 0.2) is 0 Å². The molecule has 0 saturated heterocycles. The first-order valence-electron chi connectivity index (χ1n) is 12.0. The monoisotopic (exact) mass is 546 g/mol. The zero-order valence-corrected chi connectivity index (χ0v) is 23.2. The van der Waals surface area contributed by atoms with Gasteiger partial charge in [0.1, 0.15) is 0 Å². The summed E-state index contributed by atoms with van der Waals surface area (Å²) in [5.41, 5.74) is 0. The van der Waals surface area contributed by atoms with Gasteiger partial charge in [-0.3, -0.25) is 0 Å². The van der Waals surface area contributed by atoms with Crippen molar-refractivity contribution in [2.75, 3.05) is 46.5 Å². The lowest BCUT2D eigenvalue weighted by Crippen LogP contribution is -3.00. The first-order valence-corrected chi connectivity index (χ1v) is 13.6. The van der Waals surface area contributed by atoms with Gasteiger partial charge < -0.3 is 28.5 Å². The number of quaternary nitrogens is 1. The Hall–Kier alpha value is 0.600. The predicted molar refractivity (Wildman–Crippen MR) is 124 cm³/mol. The maximum atomic E-state index is 12.4. The van der Waals surface area contributed by atoms with Crippen molar-refractivity contribution in [3.05, 3.63) is 0 Å². The Kier molecular flexibility index (Phi) is 21.2. The molecule has 0 unspecified atom stereocenters. The molecule has 0 aromatic carbocycles. The number of rotatable bonds is 20. The first kappa shape index (κ1) is 31.8. The highest BCUT2D eigenvalue weighted by Crippen LogP contribution is 2.13. The van der Waals surface area contributed by atoms with E-state index < -0.39 is 10.0 Å². The predicted octanol–water partition coefficient (Wildman–Crippen LogP) is 2.83. The zero-order chi connectivity index (χ0) is 21.3. The fraction of sp³-hybridized carbons (Fsp3) is 1.00. The molecule has 0 saturated carbocycles. The average Bonchev–Trinajstić information content (AvgIpc) is 2.66. The molecule has 6 heteroatoms. The van der Waals surface area contributed by atoms with Crippen LogP contribution in [0.25, 0.3) is 0 Å². The lowest BCUT2D eigenvalue weighted by atomic mass is 10.0. The highest BCUT2D eigenvalue weighted by molar-refractivity contribution is 7.89. The zero-order valence-electron chi connectivity index (χ0n) is 20.2. The smallest absolute Gasteiger partial charge is 0.214 e. The van der Waals surface area contributed by atoms with E-state index in [4.69, 9.17) is 0 Å². The Morgan fingerprint density at radius 2 is 1.07 bits per heavy atom. The van der Waals surface area contributed by atoms with Crippen LogP contribution >= 0.6 is 0 Å². The highest BCUT2D eigenvalue weighted by atomic mass is 127. The van der Waals surface area contributed by atoms with Crippen LogP contribution in [0.4, 0.5) is 0 Å². The Morgan fingerprint density at radius 3 is 1.45 bits per heavy atom. The Balaban J connectivity index is 0. The third-order valence-electron chi connectivity index (χ3n) is 6.11. The summed E-state index contributed by atoms with van der Waals surface area (Å²) in [5, 5.41) is 0. The molecule has 0 aromatic heterocycles. The van der Waals surface area contributed by atoms with Gasteiger partial charge in [-0.2, -0.15) is 4.31 Å². The second-order valence-corrected chi connectivity index (χ2v) is 11.4. The maximum Gasteiger partial charge on any atom is 0.214 e. The van der Waals surface area contributed by atoms with E-state index in [0.29, 0.717) is 12.3 Å². The fourth-order valence-electron chi connectivity index (χ4n) is 3.34. The van der Waals surface area contributed by atoms with Gasteiger partial charge in [-0.15, -0.1) is 0 Å². The van der Waals surface area contributed by atoms with Crippen molar-refractivity contribution >= 4 is 10.0 Å². The van der Waals surface area contributed by atoms with Crippen molar-refractivity contribution in [2.45, 2.75) is 104 Å². The third-order valence-corrected chi connectivity index (χ3v) is 8.04. The lowest BCUT2D eigenvalue weighted by Gasteiger charge is -2.30. The van der Waals surface area contributed by atoms with Gasteiger partial charge in [0.2, 0.25) is 10.0 Å². The van der Waals surface area contributed by atoms with Gasteiger partial charge in [0.05, 0.1) is 39.5 Å². The Morgan fingerprint density at radius 1 is 0.690 bits per heavy atom. The van der Waals surface area contributed by atoms with Gasteiger partial charge in [-0.05, 0) is 13.3 Å². The van der Waals surface area contributed by atoms with E-state index in [9.17, 15) is 8.42 Å². The fourth-order valence-corrected chi connectivity index (χ4v) is 4.58. The summed E-state index contributed by atoms with van der Waals surface area (Å²) in [6.45, 7) is 6.91. The molecule has 0 heterocycles. The van der Waals surface area contributed by atoms with Crippen molar-refractivity contribution in [1.82, 2.24) is 4.31 Å². The molecule has 0 fully saturated rings. The normalized spacial score (nSPS) is 12.3. The largest absolute Gasteiger partial charge is 1.00 e. The lowest BCUT2D eigenvalue weighted by molar-refractivity contribution is -0.887. The summed E-state index contributed by atoms with van der Waals surface area (Å²) in [7, 11) is 2.94. The summed E-state index contributed by atoms with van der Waals surface area (Å²) < 4.78 is 27.2. The van der Waals surface area contributed by atoms with Gasteiger partial charge in [0, 0.05) is 7.05 Å². The van der Waals surface area contributed by atoms with Crippen molar-refractivity contribution in [3.63, 3.8) is 0 Å². The molecule has 178 valence electrons. The number of sulfonamides is 1. The number of nitrogens with zero attached hydrogens (tertiary/aromatic N) is 2. The van der Waals surface area contributed by atoms with Crippen molar-refractivity contribution in [1.29, 1.82) is 0 Å². The summed E-state index contributed by atoms with van der Waals surface area (Å²) in [4.78, 5) is 0. The van der Waals surface area contributed by atoms with Gasteiger partial charge in [0.25, 0.3) is 0 Å². The second kappa shape index (κ2) is 19.3. The van der Waals surface area contributed by atoms with Gasteiger partial charge in [-0.1, -0.05) is 90.4 Å². The second-order valence-electron chi connectivity index (χ2n) is 9.21. The minimum Gasteiger partial charge on any atom is -1.00 e. The molecule has 0 radical (unpaired) electrons. The van der Waals surface area contributed by atoms with Gasteiger partial charge >= 0.3 is 0 Å². The number of hydrogen-bond donors (Lipinski definition) is 0. The molecule has 0 atom stereocenters. The molecule has 0 N–H and O–H groups in total. The molecule has 0 bridgehead atoms. The molecule has 0 amide bonds. The topological polar surface area (TPSA) is 37.4 Å². The maximum absolute atomic E-state index is 12.4. The molecule has 29 heavy (non-hydrogen) atoms. The highest BCUT2D eigenvalue weighted by Gasteiger charge is 2.20. The molecule has 0 spiro atoms. The number of likely N-dealkylation sites (N-methyl/N-ethyl adjacent to an activating group) is 2. The van der Waals surface area contributed by atoms with Crippen LogP contribution in [0.3, 0.4) is 0 Å². The number of halogens is 1. The van der Waals surface area contributed by atoms with Crippen LogP contribution in [-0.4, -0.2) is 63.7 Å². The Labute approximate surface area is 200 Å². The van der Waals surface area contributed by atoms with E-state index in [2.05, 4.69) is 27.9 Å². The van der Waals surface area contributed by atoms with Crippen LogP contribution in [0.2, 0.25) is 0 Å². The molecular weight excluding hydrogens is 495 g/mol. The standard InChI is InChI=1S/C23H51N2O2S.HI/c1-6-8-9-10-11-12-13-14-15-16-17-18-19-20-23-28(26,27)24(3)21-22-25(4,5)7-2;/h6-23H2,1-5H3;1H/q+1;/p-1. The van der Waals surface area contributed by atoms with Gasteiger partial charge in [0.15, 0.2) is 0 Å². The van der Waals surface area contributed by atoms with Crippen molar-refractivity contribution < 1.29 is 36.9 Å². The molecule has 4 nitrogen and oxygen atoms in total. The van der Waals surface area contributed by atoms with Crippen LogP contribution < -0.4 is 24.0 Å². The number of unbranched alkanes of at least 4 members (excludes halogenated alkanes) is 13. The van der Waals surface area contributed by atoms with E-state index in [-0.39, 0.29) is 24.0 Å². The minimum absolute atomic E-state index is 0. The summed E-state index contributed by atoms with van der Waals surface area (Å²) in [6.07, 6.45) is 18.1. The molecular formula is C23H51IN2O2S. The number of hydrogen-bond acceptors (Lipinski definition) is 2. The molecule has 0 aliphatic heterocycles. The molecule has 0 aromatic rings. The van der Waals surface area contributed by atoms with Crippen LogP contribution in [0.1, 0.15) is 104 Å². The Bertz CT molecular complexity index is 456.